The van der Waals surface area contributed by atoms with Gasteiger partial charge in [-0.15, -0.1) is 0 Å². The lowest BCUT2D eigenvalue weighted by atomic mass is 9.45. The van der Waals surface area contributed by atoms with Gasteiger partial charge in [-0.25, -0.2) is 14.0 Å². The minimum Gasteiger partial charge on any atom is -0.477 e. The van der Waals surface area contributed by atoms with E-state index in [4.69, 9.17) is 4.74 Å². The van der Waals surface area contributed by atoms with Gasteiger partial charge >= 0.3 is 12.1 Å². The van der Waals surface area contributed by atoms with Crippen LogP contribution in [0.25, 0.3) is 10.9 Å². The summed E-state index contributed by atoms with van der Waals surface area (Å²) in [5.74, 6) is -3.22. The summed E-state index contributed by atoms with van der Waals surface area (Å²) in [6.07, 6.45) is 6.56. The van der Waals surface area contributed by atoms with E-state index in [1.165, 1.54) is 6.20 Å². The number of benzene rings is 1. The Morgan fingerprint density at radius 2 is 1.73 bits per heavy atom. The number of rotatable bonds is 6. The molecule has 1 saturated heterocycles. The molecule has 0 spiro atoms. The fourth-order valence-electron chi connectivity index (χ4n) is 10.6. The maximum Gasteiger partial charge on any atom is 0.414 e. The number of hydrogen-bond acceptors (Lipinski definition) is 9. The van der Waals surface area contributed by atoms with Crippen LogP contribution >= 0.6 is 11.8 Å². The van der Waals surface area contributed by atoms with Crippen molar-refractivity contribution in [1.82, 2.24) is 9.88 Å². The summed E-state index contributed by atoms with van der Waals surface area (Å²) in [7, 11) is 0. The fraction of sp³-hybridized carbons (Fsp3) is 0.667. The molecule has 2 amide bonds. The minimum atomic E-state index is -1.35. The third-order valence-corrected chi connectivity index (χ3v) is 15.5. The molecule has 13 heteroatoms. The smallest absolute Gasteiger partial charge is 0.414 e. The van der Waals surface area contributed by atoms with Crippen LogP contribution in [0.3, 0.4) is 0 Å². The highest BCUT2D eigenvalue weighted by Crippen LogP contribution is 2.67. The summed E-state index contributed by atoms with van der Waals surface area (Å²) < 4.78 is 22.9. The molecule has 2 heterocycles. The molecule has 5 fully saturated rings. The molecule has 2 aromatic rings. The Hall–Kier alpha value is -3.45. The lowest BCUT2D eigenvalue weighted by Gasteiger charge is -2.61. The lowest BCUT2D eigenvalue weighted by Crippen LogP contribution is -2.64. The predicted octanol–water partition coefficient (Wildman–Crippen LogP) is 5.94. The topological polar surface area (TPSA) is 155 Å². The number of aliphatic hydroxyl groups is 1. The van der Waals surface area contributed by atoms with E-state index >= 15 is 4.39 Å². The van der Waals surface area contributed by atoms with Gasteiger partial charge in [-0.3, -0.25) is 19.7 Å². The second-order valence-corrected chi connectivity index (χ2v) is 18.0. The van der Waals surface area contributed by atoms with Gasteiger partial charge in [0.1, 0.15) is 23.3 Å². The molecular weight excluding hydrogens is 690 g/mol. The summed E-state index contributed by atoms with van der Waals surface area (Å²) in [5.41, 5.74) is -1.42. The highest BCUT2D eigenvalue weighted by atomic mass is 32.2. The number of alkyl carbamates (subject to hydrolysis) is 1. The number of carbonyl (C=O) groups excluding carboxylic acids is 3. The first-order valence-electron chi connectivity index (χ1n) is 18.7. The van der Waals surface area contributed by atoms with Gasteiger partial charge in [-0.05, 0) is 87.5 Å². The van der Waals surface area contributed by atoms with E-state index in [1.54, 1.807) is 22.4 Å². The number of aromatic carboxylic acids is 1. The van der Waals surface area contributed by atoms with Crippen molar-refractivity contribution in [2.24, 2.45) is 34.5 Å². The summed E-state index contributed by atoms with van der Waals surface area (Å²) in [4.78, 5) is 67.2. The first-order chi connectivity index (χ1) is 24.6. The zero-order chi connectivity index (χ0) is 37.5. The molecule has 3 N–H and O–H groups in total. The lowest BCUT2D eigenvalue weighted by molar-refractivity contribution is -0.179. The molecule has 0 radical (unpaired) electrons. The number of halogens is 1. The highest BCUT2D eigenvalue weighted by Gasteiger charge is 2.68. The molecule has 2 bridgehead atoms. The number of anilines is 1. The molecule has 8 atom stereocenters. The van der Waals surface area contributed by atoms with Gasteiger partial charge in [-0.2, -0.15) is 11.8 Å². The number of fused-ring (bicyclic) bond motifs is 1. The number of amides is 2. The number of pyridine rings is 1. The van der Waals surface area contributed by atoms with Gasteiger partial charge in [0.2, 0.25) is 11.3 Å². The summed E-state index contributed by atoms with van der Waals surface area (Å²) in [5, 5.41) is 23.9. The molecule has 4 aliphatic carbocycles. The second-order valence-electron chi connectivity index (χ2n) is 16.7. The van der Waals surface area contributed by atoms with Crippen LogP contribution in [0, 0.1) is 40.3 Å². The molecule has 7 rings (SSSR count). The summed E-state index contributed by atoms with van der Waals surface area (Å²) in [6.45, 7) is 8.92. The van der Waals surface area contributed by atoms with E-state index in [1.807, 2.05) is 18.1 Å². The third kappa shape index (κ3) is 5.75. The quantitative estimate of drug-likeness (QED) is 0.325. The van der Waals surface area contributed by atoms with Crippen molar-refractivity contribution in [3.8, 4) is 0 Å². The number of imide groups is 1. The number of ketones is 1. The second kappa shape index (κ2) is 13.1. The van der Waals surface area contributed by atoms with Gasteiger partial charge in [-0.1, -0.05) is 20.8 Å². The SMILES string of the molecule is CS[C@]1(C)C[C@@H](OC(=O)NC(=O)C2CCN(c3cc4c(cc3F)c(=O)c(C(=O)O)cn4C3CC3)CC2)[C@]2(C)[C@H](C)CC[C@]3(CCC(=O)[C@H]32)[C@@H](C)[C@@H]1O. The number of carboxylic acid groups (broad SMARTS) is 1. The zero-order valence-electron chi connectivity index (χ0n) is 30.6. The maximum atomic E-state index is 15.5. The molecule has 1 aromatic heterocycles. The standard InChI is InChI=1S/C39H50FN3O8S/c1-20-8-12-39-13-9-29(44)32(39)38(20,4)30(18-37(3,52-5)33(46)21(39)2)51-36(50)41-34(47)22-10-14-42(15-11-22)28-17-27-24(16-26(28)40)31(45)25(35(48)49)19-43(27)23-6-7-23/h16-17,19-23,30,32-33,46H,6-15,18H2,1-5H3,(H,48,49)(H,41,47,50)/t20-,21+,30-,32+,33+,37-,38+,39+/m1/s1. The van der Waals surface area contributed by atoms with Crippen LogP contribution in [0.2, 0.25) is 0 Å². The molecule has 282 valence electrons. The average molecular weight is 740 g/mol. The number of carbonyl (C=O) groups is 4. The van der Waals surface area contributed by atoms with Crippen molar-refractivity contribution in [2.45, 2.75) is 108 Å². The monoisotopic (exact) mass is 739 g/mol. The fourth-order valence-corrected chi connectivity index (χ4v) is 11.3. The van der Waals surface area contributed by atoms with Gasteiger partial charge in [0.25, 0.3) is 0 Å². The van der Waals surface area contributed by atoms with Crippen molar-refractivity contribution < 1.29 is 38.5 Å². The van der Waals surface area contributed by atoms with E-state index in [9.17, 15) is 34.2 Å². The Morgan fingerprint density at radius 3 is 2.37 bits per heavy atom. The predicted molar refractivity (Wildman–Crippen MR) is 195 cm³/mol. The third-order valence-electron chi connectivity index (χ3n) is 14.2. The van der Waals surface area contributed by atoms with E-state index < -0.39 is 57.5 Å². The molecule has 1 aliphatic heterocycles. The Labute approximate surface area is 307 Å². The molecular formula is C39H50FN3O8S. The van der Waals surface area contributed by atoms with Crippen molar-refractivity contribution >= 4 is 52.1 Å². The van der Waals surface area contributed by atoms with Crippen molar-refractivity contribution in [1.29, 1.82) is 0 Å². The van der Waals surface area contributed by atoms with Gasteiger partial charge in [0.05, 0.1) is 17.3 Å². The number of ether oxygens (including phenoxy) is 1. The number of aliphatic hydroxyl groups excluding tert-OH is 1. The van der Waals surface area contributed by atoms with Crippen LogP contribution in [0.1, 0.15) is 102 Å². The number of carboxylic acids is 1. The number of hydrogen-bond donors (Lipinski definition) is 3. The van der Waals surface area contributed by atoms with E-state index in [0.717, 1.165) is 31.7 Å². The van der Waals surface area contributed by atoms with Gasteiger partial charge in [0.15, 0.2) is 0 Å². The van der Waals surface area contributed by atoms with Crippen LogP contribution in [0.15, 0.2) is 23.1 Å². The molecule has 52 heavy (non-hydrogen) atoms. The first kappa shape index (κ1) is 36.9. The Bertz CT molecular complexity index is 1890. The van der Waals surface area contributed by atoms with Gasteiger partial charge in [0, 0.05) is 65.6 Å². The molecule has 4 saturated carbocycles. The number of nitrogens with zero attached hydrogens (tertiary/aromatic N) is 2. The van der Waals surface area contributed by atoms with E-state index in [2.05, 4.69) is 26.1 Å². The van der Waals surface area contributed by atoms with Crippen molar-refractivity contribution in [2.75, 3.05) is 24.2 Å². The van der Waals surface area contributed by atoms with E-state index in [0.29, 0.717) is 50.7 Å². The minimum absolute atomic E-state index is 0.0199. The van der Waals surface area contributed by atoms with Crippen LogP contribution in [-0.2, 0) is 14.3 Å². The number of Topliss-reactive ketones (excluding diaryl/α,β-unsaturated/α-hetero) is 1. The summed E-state index contributed by atoms with van der Waals surface area (Å²) >= 11 is 1.54. The first-order valence-corrected chi connectivity index (χ1v) is 19.9. The van der Waals surface area contributed by atoms with Crippen LogP contribution in [0.4, 0.5) is 14.9 Å². The zero-order valence-corrected chi connectivity index (χ0v) is 31.4. The van der Waals surface area contributed by atoms with E-state index in [-0.39, 0.29) is 51.6 Å². The van der Waals surface area contributed by atoms with Crippen LogP contribution < -0.4 is 15.6 Å². The largest absolute Gasteiger partial charge is 0.477 e. The average Bonchev–Trinajstić information content (AvgIpc) is 3.90. The van der Waals surface area contributed by atoms with Crippen LogP contribution in [0.5, 0.6) is 0 Å². The normalized spacial score (nSPS) is 35.1. The molecule has 5 aliphatic rings. The number of aromatic nitrogens is 1. The summed E-state index contributed by atoms with van der Waals surface area (Å²) in [6, 6.07) is 2.75. The van der Waals surface area contributed by atoms with Crippen LogP contribution in [-0.4, -0.2) is 74.8 Å². The Morgan fingerprint density at radius 1 is 1.04 bits per heavy atom. The number of nitrogens with one attached hydrogen (secondary N) is 1. The molecule has 0 unspecified atom stereocenters. The molecule has 11 nitrogen and oxygen atoms in total. The highest BCUT2D eigenvalue weighted by molar-refractivity contribution is 8.00. The number of thioether (sulfide) groups is 1. The van der Waals surface area contributed by atoms with Gasteiger partial charge < -0.3 is 24.4 Å². The van der Waals surface area contributed by atoms with Crippen molar-refractivity contribution in [3.63, 3.8) is 0 Å². The maximum absolute atomic E-state index is 15.5. The Kier molecular flexibility index (Phi) is 9.32. The Balaban J connectivity index is 1.07. The number of piperidine rings is 1. The van der Waals surface area contributed by atoms with Crippen molar-refractivity contribution in [3.05, 3.63) is 39.9 Å². The molecule has 1 aromatic carbocycles.